The number of halogens is 1. The lowest BCUT2D eigenvalue weighted by atomic mass is 9.75. The number of piperidine rings is 1. The normalized spacial score (nSPS) is 34.1. The van der Waals surface area contributed by atoms with E-state index in [4.69, 9.17) is 11.6 Å². The molecule has 2 bridgehead atoms. The molecule has 1 aromatic carbocycles. The van der Waals surface area contributed by atoms with Crippen molar-refractivity contribution in [2.75, 3.05) is 20.1 Å². The molecule has 3 saturated heterocycles. The molecule has 4 atom stereocenters. The molecule has 3 aliphatic rings. The summed E-state index contributed by atoms with van der Waals surface area (Å²) in [4.78, 5) is 17.8. The second-order valence-corrected chi connectivity index (χ2v) is 7.85. The Balaban J connectivity index is 1.67. The predicted molar refractivity (Wildman–Crippen MR) is 92.7 cm³/mol. The molecule has 124 valence electrons. The number of hydrogen-bond acceptors (Lipinski definition) is 2. The van der Waals surface area contributed by atoms with Gasteiger partial charge in [0.15, 0.2) is 0 Å². The van der Waals surface area contributed by atoms with Crippen molar-refractivity contribution >= 4 is 17.5 Å². The monoisotopic (exact) mass is 332 g/mol. The summed E-state index contributed by atoms with van der Waals surface area (Å²) in [5.74, 6) is 0.840. The van der Waals surface area contributed by atoms with Crippen molar-refractivity contribution in [1.29, 1.82) is 0 Å². The van der Waals surface area contributed by atoms with E-state index in [0.29, 0.717) is 23.9 Å². The molecule has 0 N–H and O–H groups in total. The smallest absolute Gasteiger partial charge is 0.227 e. The predicted octanol–water partition coefficient (Wildman–Crippen LogP) is 3.53. The minimum absolute atomic E-state index is 0.109. The molecular formula is C19H25ClN2O. The average molecular weight is 333 g/mol. The van der Waals surface area contributed by atoms with Crippen molar-refractivity contribution in [3.05, 3.63) is 34.9 Å². The van der Waals surface area contributed by atoms with Gasteiger partial charge in [-0.3, -0.25) is 9.69 Å². The minimum atomic E-state index is 0.109. The van der Waals surface area contributed by atoms with Crippen molar-refractivity contribution in [3.8, 4) is 0 Å². The number of likely N-dealkylation sites (tertiary alicyclic amines) is 1. The third-order valence-electron chi connectivity index (χ3n) is 6.27. The van der Waals surface area contributed by atoms with Crippen molar-refractivity contribution < 1.29 is 4.79 Å². The van der Waals surface area contributed by atoms with Crippen LogP contribution in [0, 0.1) is 5.92 Å². The van der Waals surface area contributed by atoms with Crippen LogP contribution in [0.25, 0.3) is 0 Å². The lowest BCUT2D eigenvalue weighted by Crippen LogP contribution is -2.52. The fraction of sp³-hybridized carbons (Fsp3) is 0.632. The number of carbonyl (C=O) groups excluding carboxylic acids is 1. The number of carbonyl (C=O) groups is 1. The Bertz CT molecular complexity index is 582. The maximum Gasteiger partial charge on any atom is 0.227 e. The minimum Gasteiger partial charge on any atom is -0.342 e. The average Bonchev–Trinajstić information content (AvgIpc) is 3.15. The topological polar surface area (TPSA) is 23.6 Å². The van der Waals surface area contributed by atoms with Gasteiger partial charge in [0, 0.05) is 30.2 Å². The molecule has 3 aliphatic heterocycles. The lowest BCUT2D eigenvalue weighted by molar-refractivity contribution is -0.139. The maximum absolute atomic E-state index is 13.3. The number of rotatable bonds is 2. The van der Waals surface area contributed by atoms with Gasteiger partial charge in [0.25, 0.3) is 0 Å². The van der Waals surface area contributed by atoms with E-state index in [2.05, 4.69) is 29.0 Å². The van der Waals surface area contributed by atoms with Crippen molar-refractivity contribution in [2.45, 2.75) is 50.1 Å². The molecule has 3 heterocycles. The van der Waals surface area contributed by atoms with E-state index < -0.39 is 0 Å². The van der Waals surface area contributed by atoms with Crippen LogP contribution in [0.5, 0.6) is 0 Å². The number of amides is 1. The quantitative estimate of drug-likeness (QED) is 0.827. The van der Waals surface area contributed by atoms with Crippen LogP contribution in [-0.2, 0) is 4.79 Å². The largest absolute Gasteiger partial charge is 0.342 e. The number of benzene rings is 1. The molecule has 3 nitrogen and oxygen atoms in total. The zero-order valence-corrected chi connectivity index (χ0v) is 14.5. The van der Waals surface area contributed by atoms with Gasteiger partial charge >= 0.3 is 0 Å². The van der Waals surface area contributed by atoms with E-state index in [1.807, 2.05) is 12.1 Å². The Morgan fingerprint density at radius 1 is 1.13 bits per heavy atom. The standard InChI is InChI=1S/C19H25ClN2O/c1-21-15-8-9-17(21)18(19(23)22-10-2-3-11-22)16(12-15)13-4-6-14(20)7-5-13/h4-7,15-18H,2-3,8-12H2,1H3/t15-,16+,17?,18?/m0/s1. The molecule has 1 amide bonds. The highest BCUT2D eigenvalue weighted by atomic mass is 35.5. The molecule has 4 heteroatoms. The van der Waals surface area contributed by atoms with Crippen molar-refractivity contribution in [3.63, 3.8) is 0 Å². The molecule has 4 rings (SSSR count). The summed E-state index contributed by atoms with van der Waals surface area (Å²) in [5.41, 5.74) is 1.29. The Kier molecular flexibility index (Phi) is 4.10. The Hall–Kier alpha value is -1.06. The number of nitrogens with zero attached hydrogens (tertiary/aromatic N) is 2. The van der Waals surface area contributed by atoms with Crippen LogP contribution in [-0.4, -0.2) is 47.9 Å². The fourth-order valence-electron chi connectivity index (χ4n) is 5.00. The lowest BCUT2D eigenvalue weighted by Gasteiger charge is -2.43. The van der Waals surface area contributed by atoms with Crippen LogP contribution in [0.15, 0.2) is 24.3 Å². The van der Waals surface area contributed by atoms with Gasteiger partial charge in [-0.2, -0.15) is 0 Å². The van der Waals surface area contributed by atoms with Crippen LogP contribution in [0.2, 0.25) is 5.02 Å². The first kappa shape index (κ1) is 15.5. The molecule has 0 spiro atoms. The summed E-state index contributed by atoms with van der Waals surface area (Å²) in [6, 6.07) is 9.22. The first-order chi connectivity index (χ1) is 11.1. The molecular weight excluding hydrogens is 308 g/mol. The summed E-state index contributed by atoms with van der Waals surface area (Å²) in [6.45, 7) is 1.89. The van der Waals surface area contributed by atoms with Crippen LogP contribution >= 0.6 is 11.6 Å². The molecule has 3 fully saturated rings. The summed E-state index contributed by atoms with van der Waals surface area (Å²) in [5, 5.41) is 0.770. The third-order valence-corrected chi connectivity index (χ3v) is 6.52. The highest BCUT2D eigenvalue weighted by molar-refractivity contribution is 6.30. The summed E-state index contributed by atoms with van der Waals surface area (Å²) in [6.07, 6.45) is 5.81. The summed E-state index contributed by atoms with van der Waals surface area (Å²) >= 11 is 6.06. The van der Waals surface area contributed by atoms with Gasteiger partial charge in [0.05, 0.1) is 5.92 Å². The molecule has 2 unspecified atom stereocenters. The van der Waals surface area contributed by atoms with Crippen LogP contribution in [0.1, 0.15) is 43.6 Å². The number of fused-ring (bicyclic) bond motifs is 2. The Morgan fingerprint density at radius 2 is 1.83 bits per heavy atom. The SMILES string of the molecule is CN1C2CC[C@H]1C[C@H](c1ccc(Cl)cc1)C2C(=O)N1CCCC1. The van der Waals surface area contributed by atoms with Gasteiger partial charge in [-0.1, -0.05) is 23.7 Å². The Labute approximate surface area is 143 Å². The van der Waals surface area contributed by atoms with E-state index in [9.17, 15) is 4.79 Å². The maximum atomic E-state index is 13.3. The Morgan fingerprint density at radius 3 is 2.52 bits per heavy atom. The zero-order chi connectivity index (χ0) is 16.0. The first-order valence-electron chi connectivity index (χ1n) is 8.91. The molecule has 0 radical (unpaired) electrons. The van der Waals surface area contributed by atoms with Gasteiger partial charge in [-0.25, -0.2) is 0 Å². The van der Waals surface area contributed by atoms with E-state index >= 15 is 0 Å². The van der Waals surface area contributed by atoms with Crippen LogP contribution < -0.4 is 0 Å². The van der Waals surface area contributed by atoms with Crippen LogP contribution in [0.3, 0.4) is 0 Å². The van der Waals surface area contributed by atoms with Crippen molar-refractivity contribution in [1.82, 2.24) is 9.80 Å². The molecule has 1 aromatic rings. The highest BCUT2D eigenvalue weighted by Crippen LogP contribution is 2.47. The molecule has 23 heavy (non-hydrogen) atoms. The van der Waals surface area contributed by atoms with Gasteiger partial charge in [0.1, 0.15) is 0 Å². The fourth-order valence-corrected chi connectivity index (χ4v) is 5.13. The van der Waals surface area contributed by atoms with Crippen LogP contribution in [0.4, 0.5) is 0 Å². The summed E-state index contributed by atoms with van der Waals surface area (Å²) < 4.78 is 0. The van der Waals surface area contributed by atoms with Gasteiger partial charge in [0.2, 0.25) is 5.91 Å². The number of hydrogen-bond donors (Lipinski definition) is 0. The van der Waals surface area contributed by atoms with Gasteiger partial charge in [-0.05, 0) is 62.8 Å². The molecule has 0 aromatic heterocycles. The second-order valence-electron chi connectivity index (χ2n) is 7.42. The first-order valence-corrected chi connectivity index (χ1v) is 9.29. The zero-order valence-electron chi connectivity index (χ0n) is 13.7. The van der Waals surface area contributed by atoms with E-state index in [1.165, 1.54) is 12.0 Å². The van der Waals surface area contributed by atoms with Crippen molar-refractivity contribution in [2.24, 2.45) is 5.92 Å². The van der Waals surface area contributed by atoms with Gasteiger partial charge < -0.3 is 4.90 Å². The highest BCUT2D eigenvalue weighted by Gasteiger charge is 2.50. The van der Waals surface area contributed by atoms with Gasteiger partial charge in [-0.15, -0.1) is 0 Å². The van der Waals surface area contributed by atoms with E-state index in [-0.39, 0.29) is 5.92 Å². The second kappa shape index (κ2) is 6.10. The molecule has 0 aliphatic carbocycles. The summed E-state index contributed by atoms with van der Waals surface area (Å²) in [7, 11) is 2.21. The van der Waals surface area contributed by atoms with E-state index in [1.54, 1.807) is 0 Å². The molecule has 0 saturated carbocycles. The van der Waals surface area contributed by atoms with E-state index in [0.717, 1.165) is 43.8 Å². The third kappa shape index (κ3) is 2.68.